The topological polar surface area (TPSA) is 61.8 Å². The second-order valence-electron chi connectivity index (χ2n) is 12.1. The average molecular weight is 483 g/mol. The summed E-state index contributed by atoms with van der Waals surface area (Å²) >= 11 is 0. The maximum absolute atomic E-state index is 11.3. The van der Waals surface area contributed by atoms with Gasteiger partial charge in [0.2, 0.25) is 0 Å². The van der Waals surface area contributed by atoms with E-state index in [0.717, 1.165) is 17.8 Å². The number of ether oxygens (including phenoxy) is 3. The molecule has 0 aromatic rings. The van der Waals surface area contributed by atoms with Crippen molar-refractivity contribution in [1.82, 2.24) is 0 Å². The second kappa shape index (κ2) is 15.9. The molecule has 34 heavy (non-hydrogen) atoms. The molecule has 0 aromatic carbocycles. The van der Waals surface area contributed by atoms with Crippen LogP contribution in [0.2, 0.25) is 0 Å². The first-order valence-electron chi connectivity index (χ1n) is 11.9. The summed E-state index contributed by atoms with van der Waals surface area (Å²) in [5, 5.41) is 0. The molecule has 0 amide bonds. The zero-order valence-corrected chi connectivity index (χ0v) is 25.3. The Kier molecular flexibility index (Phi) is 17.2. The van der Waals surface area contributed by atoms with Crippen LogP contribution in [0.15, 0.2) is 33.9 Å². The van der Waals surface area contributed by atoms with Gasteiger partial charge in [-0.2, -0.15) is 0 Å². The largest absolute Gasteiger partial charge is 0.457 e. The van der Waals surface area contributed by atoms with Crippen molar-refractivity contribution in [2.75, 3.05) is 6.61 Å². The number of allylic oxidation sites excluding steroid dienone is 3. The van der Waals surface area contributed by atoms with Gasteiger partial charge in [-0.05, 0) is 123 Å². The number of hydrogen-bond donors (Lipinski definition) is 0. The van der Waals surface area contributed by atoms with Gasteiger partial charge in [0, 0.05) is 11.6 Å². The molecular weight excluding hydrogens is 428 g/mol. The van der Waals surface area contributed by atoms with E-state index in [1.54, 1.807) is 6.92 Å². The molecule has 0 bridgehead atoms. The fourth-order valence-electron chi connectivity index (χ4n) is 1.59. The highest BCUT2D eigenvalue weighted by molar-refractivity contribution is 5.88. The first kappa shape index (κ1) is 36.7. The summed E-state index contributed by atoms with van der Waals surface area (Å²) in [6.07, 6.45) is 1.49. The molecule has 5 heteroatoms. The van der Waals surface area contributed by atoms with Gasteiger partial charge in [-0.3, -0.25) is 0 Å². The minimum absolute atomic E-state index is 0.0172. The van der Waals surface area contributed by atoms with E-state index < -0.39 is 5.60 Å². The van der Waals surface area contributed by atoms with E-state index in [-0.39, 0.29) is 23.1 Å². The van der Waals surface area contributed by atoms with E-state index in [9.17, 15) is 9.59 Å². The van der Waals surface area contributed by atoms with E-state index in [4.69, 9.17) is 14.2 Å². The van der Waals surface area contributed by atoms with Gasteiger partial charge >= 0.3 is 11.9 Å². The molecule has 5 nitrogen and oxygen atoms in total. The molecule has 0 aliphatic carbocycles. The highest BCUT2D eigenvalue weighted by atomic mass is 16.6. The lowest BCUT2D eigenvalue weighted by molar-refractivity contribution is -0.150. The average Bonchev–Trinajstić information content (AvgIpc) is 2.55. The Bertz CT molecular complexity index is 718. The third kappa shape index (κ3) is 28.2. The monoisotopic (exact) mass is 482 g/mol. The van der Waals surface area contributed by atoms with Crippen LogP contribution in [0.3, 0.4) is 0 Å². The SMILES string of the molecule is CC(C)=C(C)C(=O)OC(C)(C)C.CC(C)=C(C)COC(C)(C)C.CC(C)=CC(=O)OC(C)(C)C. The van der Waals surface area contributed by atoms with Crippen molar-refractivity contribution >= 4 is 11.9 Å². The van der Waals surface area contributed by atoms with Crippen LogP contribution in [0.5, 0.6) is 0 Å². The first-order chi connectivity index (χ1) is 14.9. The Balaban J connectivity index is -0.000000425. The van der Waals surface area contributed by atoms with Crippen LogP contribution >= 0.6 is 0 Å². The number of carbonyl (C=O) groups excluding carboxylic acids is 2. The molecule has 0 N–H and O–H groups in total. The minimum Gasteiger partial charge on any atom is -0.457 e. The zero-order valence-electron chi connectivity index (χ0n) is 25.3. The Morgan fingerprint density at radius 1 is 0.618 bits per heavy atom. The third-order valence-corrected chi connectivity index (χ3v) is 3.84. The van der Waals surface area contributed by atoms with E-state index in [2.05, 4.69) is 41.5 Å². The van der Waals surface area contributed by atoms with E-state index >= 15 is 0 Å². The van der Waals surface area contributed by atoms with Crippen LogP contribution in [0.1, 0.15) is 118 Å². The number of esters is 2. The maximum Gasteiger partial charge on any atom is 0.334 e. The highest BCUT2D eigenvalue weighted by Crippen LogP contribution is 2.13. The van der Waals surface area contributed by atoms with Gasteiger partial charge in [-0.15, -0.1) is 0 Å². The lowest BCUT2D eigenvalue weighted by atomic mass is 10.1. The van der Waals surface area contributed by atoms with Crippen molar-refractivity contribution in [3.05, 3.63) is 33.9 Å². The third-order valence-electron chi connectivity index (χ3n) is 3.84. The van der Waals surface area contributed by atoms with Crippen LogP contribution < -0.4 is 0 Å². The molecule has 0 saturated carbocycles. The normalized spacial score (nSPS) is 11.0. The van der Waals surface area contributed by atoms with Gasteiger partial charge in [0.15, 0.2) is 0 Å². The number of rotatable bonds is 4. The predicted octanol–water partition coefficient (Wildman–Crippen LogP) is 8.14. The molecule has 0 fully saturated rings. The second-order valence-corrected chi connectivity index (χ2v) is 12.1. The van der Waals surface area contributed by atoms with Crippen molar-refractivity contribution in [2.24, 2.45) is 0 Å². The van der Waals surface area contributed by atoms with Crippen LogP contribution in [0, 0.1) is 0 Å². The fraction of sp³-hybridized carbons (Fsp3) is 0.724. The number of carbonyl (C=O) groups is 2. The summed E-state index contributed by atoms with van der Waals surface area (Å²) in [4.78, 5) is 22.3. The maximum atomic E-state index is 11.3. The number of hydrogen-bond acceptors (Lipinski definition) is 5. The lowest BCUT2D eigenvalue weighted by Gasteiger charge is -2.20. The molecule has 0 aliphatic rings. The van der Waals surface area contributed by atoms with Crippen molar-refractivity contribution in [1.29, 1.82) is 0 Å². The summed E-state index contributed by atoms with van der Waals surface area (Å²) in [5.74, 6) is -0.486. The van der Waals surface area contributed by atoms with E-state index in [0.29, 0.717) is 5.57 Å². The van der Waals surface area contributed by atoms with E-state index in [1.807, 2.05) is 69.2 Å². The Hall–Kier alpha value is -1.88. The first-order valence-corrected chi connectivity index (χ1v) is 11.9. The van der Waals surface area contributed by atoms with Gasteiger partial charge in [-0.1, -0.05) is 16.7 Å². The zero-order chi connectivity index (χ0) is 28.1. The smallest absolute Gasteiger partial charge is 0.334 e. The lowest BCUT2D eigenvalue weighted by Crippen LogP contribution is -2.24. The molecular formula is C29H54O5. The van der Waals surface area contributed by atoms with Gasteiger partial charge in [0.25, 0.3) is 0 Å². The molecule has 0 rings (SSSR count). The molecule has 0 radical (unpaired) electrons. The van der Waals surface area contributed by atoms with Gasteiger partial charge in [0.1, 0.15) is 11.2 Å². The van der Waals surface area contributed by atoms with Crippen molar-refractivity contribution < 1.29 is 23.8 Å². The molecule has 0 spiro atoms. The molecule has 0 atom stereocenters. The van der Waals surface area contributed by atoms with Gasteiger partial charge in [-0.25, -0.2) is 9.59 Å². The molecule has 0 heterocycles. The quantitative estimate of drug-likeness (QED) is 0.230. The van der Waals surface area contributed by atoms with E-state index in [1.165, 1.54) is 17.2 Å². The van der Waals surface area contributed by atoms with Crippen molar-refractivity contribution in [3.8, 4) is 0 Å². The van der Waals surface area contributed by atoms with Crippen LogP contribution in [0.25, 0.3) is 0 Å². The standard InChI is InChI=1S/C10H18O2.C10H20O.C9H16O2/c1-7(2)8(3)9(11)12-10(4,5)6;1-8(2)9(3)7-11-10(4,5)6;1-7(2)6-8(10)11-9(3,4)5/h1-6H3;7H2,1-6H3;6H,1-5H3. The highest BCUT2D eigenvalue weighted by Gasteiger charge is 2.17. The Morgan fingerprint density at radius 2 is 1.03 bits per heavy atom. The summed E-state index contributed by atoms with van der Waals surface area (Å²) in [5.41, 5.74) is 4.55. The Morgan fingerprint density at radius 3 is 1.29 bits per heavy atom. The van der Waals surface area contributed by atoms with Crippen LogP contribution in [-0.4, -0.2) is 35.3 Å². The van der Waals surface area contributed by atoms with Crippen LogP contribution in [-0.2, 0) is 23.8 Å². The summed E-state index contributed by atoms with van der Waals surface area (Å²) in [6, 6.07) is 0. The molecule has 0 aliphatic heterocycles. The molecule has 200 valence electrons. The van der Waals surface area contributed by atoms with Crippen molar-refractivity contribution in [2.45, 2.75) is 135 Å². The summed E-state index contributed by atoms with van der Waals surface area (Å²) in [7, 11) is 0. The molecule has 0 unspecified atom stereocenters. The predicted molar refractivity (Wildman–Crippen MR) is 145 cm³/mol. The molecule has 0 aromatic heterocycles. The summed E-state index contributed by atoms with van der Waals surface area (Å²) < 4.78 is 15.8. The van der Waals surface area contributed by atoms with Gasteiger partial charge in [0.05, 0.1) is 12.2 Å². The summed E-state index contributed by atoms with van der Waals surface area (Å²) in [6.45, 7) is 33.8. The van der Waals surface area contributed by atoms with Gasteiger partial charge < -0.3 is 14.2 Å². The fourth-order valence-corrected chi connectivity index (χ4v) is 1.59. The van der Waals surface area contributed by atoms with Crippen LogP contribution in [0.4, 0.5) is 0 Å². The van der Waals surface area contributed by atoms with Crippen molar-refractivity contribution in [3.63, 3.8) is 0 Å². The minimum atomic E-state index is -0.395. The molecule has 0 saturated heterocycles. The Labute approximate surface area is 211 Å².